The Balaban J connectivity index is 3.00. The Morgan fingerprint density at radius 2 is 1.61 bits per heavy atom. The zero-order valence-corrected chi connectivity index (χ0v) is 13.7. The van der Waals surface area contributed by atoms with Crippen molar-refractivity contribution in [3.8, 4) is 0 Å². The summed E-state index contributed by atoms with van der Waals surface area (Å²) in [7, 11) is 0. The van der Waals surface area contributed by atoms with E-state index in [4.69, 9.17) is 0 Å². The molecular weight excluding hydrogens is 300 g/mol. The van der Waals surface area contributed by atoms with E-state index in [-0.39, 0.29) is 24.2 Å². The number of nitro benzene ring substituents is 1. The second-order valence-corrected chi connectivity index (χ2v) is 5.95. The van der Waals surface area contributed by atoms with Crippen LogP contribution in [0.3, 0.4) is 0 Å². The van der Waals surface area contributed by atoms with Gasteiger partial charge in [0.25, 0.3) is 5.69 Å². The highest BCUT2D eigenvalue weighted by molar-refractivity contribution is 5.97. The first-order valence-electron chi connectivity index (χ1n) is 7.43. The van der Waals surface area contributed by atoms with Crippen LogP contribution in [-0.2, 0) is 16.0 Å². The van der Waals surface area contributed by atoms with Crippen LogP contribution in [-0.4, -0.2) is 38.9 Å². The van der Waals surface area contributed by atoms with Crippen molar-refractivity contribution in [2.75, 3.05) is 0 Å². The number of nitrogens with zero attached hydrogens (tertiary/aromatic N) is 2. The topological polar surface area (TPSA) is 101 Å². The van der Waals surface area contributed by atoms with E-state index in [0.717, 1.165) is 0 Å². The molecule has 23 heavy (non-hydrogen) atoms. The fraction of sp³-hybridized carbons (Fsp3) is 0.500. The molecule has 0 heterocycles. The van der Waals surface area contributed by atoms with E-state index in [1.807, 2.05) is 27.7 Å². The number of hydrogen-bond acceptors (Lipinski definition) is 4. The highest BCUT2D eigenvalue weighted by Gasteiger charge is 2.33. The van der Waals surface area contributed by atoms with Crippen LogP contribution >= 0.6 is 0 Å². The lowest BCUT2D eigenvalue weighted by atomic mass is 9.96. The molecule has 0 fully saturated rings. The fourth-order valence-electron chi connectivity index (χ4n) is 2.55. The fourth-order valence-corrected chi connectivity index (χ4v) is 2.55. The van der Waals surface area contributed by atoms with Gasteiger partial charge in [-0.25, -0.2) is 0 Å². The second-order valence-electron chi connectivity index (χ2n) is 5.95. The minimum atomic E-state index is -1.21. The Morgan fingerprint density at radius 1 is 1.13 bits per heavy atom. The van der Waals surface area contributed by atoms with Gasteiger partial charge in [0.05, 0.1) is 4.92 Å². The SMILES string of the molecule is CC(C)N(C(=O)C(Cc1ccc([N+](=O)[O-])cc1)C(=O)O)C(C)C. The summed E-state index contributed by atoms with van der Waals surface area (Å²) in [6.07, 6.45) is 0.00208. The van der Waals surface area contributed by atoms with Crippen molar-refractivity contribution in [1.29, 1.82) is 0 Å². The number of amides is 1. The van der Waals surface area contributed by atoms with Crippen molar-refractivity contribution in [3.05, 3.63) is 39.9 Å². The van der Waals surface area contributed by atoms with E-state index < -0.39 is 22.7 Å². The summed E-state index contributed by atoms with van der Waals surface area (Å²) in [5, 5.41) is 20.0. The van der Waals surface area contributed by atoms with Crippen LogP contribution in [0.25, 0.3) is 0 Å². The highest BCUT2D eigenvalue weighted by Crippen LogP contribution is 2.19. The van der Waals surface area contributed by atoms with Crippen molar-refractivity contribution in [2.24, 2.45) is 5.92 Å². The van der Waals surface area contributed by atoms with Gasteiger partial charge in [0.1, 0.15) is 5.92 Å². The standard InChI is InChI=1S/C16H22N2O5/c1-10(2)17(11(3)4)15(19)14(16(20)21)9-12-5-7-13(8-6-12)18(22)23/h5-8,10-11,14H,9H2,1-4H3,(H,20,21). The Hall–Kier alpha value is -2.44. The molecule has 0 saturated carbocycles. The Labute approximate surface area is 135 Å². The van der Waals surface area contributed by atoms with Crippen LogP contribution in [0.15, 0.2) is 24.3 Å². The van der Waals surface area contributed by atoms with E-state index >= 15 is 0 Å². The highest BCUT2D eigenvalue weighted by atomic mass is 16.6. The number of carboxylic acids is 1. The number of nitro groups is 1. The normalized spacial score (nSPS) is 12.3. The van der Waals surface area contributed by atoms with Gasteiger partial charge in [0.2, 0.25) is 5.91 Å². The molecule has 1 N–H and O–H groups in total. The number of carboxylic acid groups (broad SMARTS) is 1. The minimum Gasteiger partial charge on any atom is -0.481 e. The molecule has 7 heteroatoms. The van der Waals surface area contributed by atoms with Gasteiger partial charge in [-0.05, 0) is 39.7 Å². The molecule has 0 aliphatic carbocycles. The third-order valence-electron chi connectivity index (χ3n) is 3.55. The Kier molecular flexibility index (Phi) is 6.24. The van der Waals surface area contributed by atoms with Crippen LogP contribution < -0.4 is 0 Å². The third kappa shape index (κ3) is 4.77. The molecule has 0 radical (unpaired) electrons. The van der Waals surface area contributed by atoms with Gasteiger partial charge in [-0.2, -0.15) is 0 Å². The van der Waals surface area contributed by atoms with Gasteiger partial charge in [0, 0.05) is 24.2 Å². The number of carbonyl (C=O) groups is 2. The number of rotatable bonds is 7. The minimum absolute atomic E-state index is 0.00208. The van der Waals surface area contributed by atoms with E-state index in [1.54, 1.807) is 4.90 Å². The first-order valence-corrected chi connectivity index (χ1v) is 7.43. The smallest absolute Gasteiger partial charge is 0.316 e. The Bertz CT molecular complexity index is 573. The maximum absolute atomic E-state index is 12.6. The lowest BCUT2D eigenvalue weighted by Crippen LogP contribution is -2.47. The van der Waals surface area contributed by atoms with Crippen molar-refractivity contribution >= 4 is 17.6 Å². The summed E-state index contributed by atoms with van der Waals surface area (Å²) >= 11 is 0. The summed E-state index contributed by atoms with van der Waals surface area (Å²) < 4.78 is 0. The molecule has 1 amide bonds. The molecule has 1 unspecified atom stereocenters. The maximum atomic E-state index is 12.6. The summed E-state index contributed by atoms with van der Waals surface area (Å²) in [5.74, 6) is -2.85. The zero-order valence-electron chi connectivity index (χ0n) is 13.7. The van der Waals surface area contributed by atoms with Crippen molar-refractivity contribution in [1.82, 2.24) is 4.90 Å². The van der Waals surface area contributed by atoms with Crippen molar-refractivity contribution in [2.45, 2.75) is 46.2 Å². The van der Waals surface area contributed by atoms with Crippen LogP contribution in [0.5, 0.6) is 0 Å². The van der Waals surface area contributed by atoms with Crippen LogP contribution in [0.4, 0.5) is 5.69 Å². The van der Waals surface area contributed by atoms with E-state index in [0.29, 0.717) is 5.56 Å². The zero-order chi connectivity index (χ0) is 17.7. The monoisotopic (exact) mass is 322 g/mol. The van der Waals surface area contributed by atoms with Gasteiger partial charge in [-0.3, -0.25) is 19.7 Å². The molecular formula is C16H22N2O5. The molecule has 1 aromatic carbocycles. The third-order valence-corrected chi connectivity index (χ3v) is 3.55. The van der Waals surface area contributed by atoms with Gasteiger partial charge in [-0.1, -0.05) is 12.1 Å². The number of non-ortho nitro benzene ring substituents is 1. The largest absolute Gasteiger partial charge is 0.481 e. The van der Waals surface area contributed by atoms with Crippen LogP contribution in [0, 0.1) is 16.0 Å². The van der Waals surface area contributed by atoms with E-state index in [9.17, 15) is 24.8 Å². The van der Waals surface area contributed by atoms with E-state index in [2.05, 4.69) is 0 Å². The number of hydrogen-bond donors (Lipinski definition) is 1. The predicted molar refractivity (Wildman–Crippen MR) is 85.0 cm³/mol. The first-order chi connectivity index (χ1) is 10.6. The quantitative estimate of drug-likeness (QED) is 0.472. The first kappa shape index (κ1) is 18.6. The lowest BCUT2D eigenvalue weighted by Gasteiger charge is -2.33. The van der Waals surface area contributed by atoms with Crippen LogP contribution in [0.2, 0.25) is 0 Å². The van der Waals surface area contributed by atoms with Gasteiger partial charge in [0.15, 0.2) is 0 Å². The molecule has 0 spiro atoms. The molecule has 126 valence electrons. The summed E-state index contributed by atoms with van der Waals surface area (Å²) in [6, 6.07) is 5.36. The Morgan fingerprint density at radius 3 is 1.96 bits per heavy atom. The predicted octanol–water partition coefficient (Wildman–Crippen LogP) is 2.48. The number of aliphatic carboxylic acids is 1. The molecule has 0 aliphatic rings. The molecule has 0 bridgehead atoms. The van der Waals surface area contributed by atoms with Gasteiger partial charge in [-0.15, -0.1) is 0 Å². The van der Waals surface area contributed by atoms with Gasteiger partial charge >= 0.3 is 5.97 Å². The number of carbonyl (C=O) groups excluding carboxylic acids is 1. The molecule has 0 aliphatic heterocycles. The molecule has 1 rings (SSSR count). The average molecular weight is 322 g/mol. The molecule has 1 atom stereocenters. The van der Waals surface area contributed by atoms with Crippen LogP contribution in [0.1, 0.15) is 33.3 Å². The average Bonchev–Trinajstić information content (AvgIpc) is 2.43. The molecule has 7 nitrogen and oxygen atoms in total. The molecule has 0 saturated heterocycles. The molecule has 1 aromatic rings. The summed E-state index contributed by atoms with van der Waals surface area (Å²) in [4.78, 5) is 35.8. The number of benzene rings is 1. The van der Waals surface area contributed by atoms with Crippen molar-refractivity contribution < 1.29 is 19.6 Å². The lowest BCUT2D eigenvalue weighted by molar-refractivity contribution is -0.384. The van der Waals surface area contributed by atoms with Crippen molar-refractivity contribution in [3.63, 3.8) is 0 Å². The van der Waals surface area contributed by atoms with Gasteiger partial charge < -0.3 is 10.0 Å². The summed E-state index contributed by atoms with van der Waals surface area (Å²) in [5.41, 5.74) is 0.502. The molecule has 0 aromatic heterocycles. The second kappa shape index (κ2) is 7.71. The maximum Gasteiger partial charge on any atom is 0.316 e. The summed E-state index contributed by atoms with van der Waals surface area (Å²) in [6.45, 7) is 7.34. The van der Waals surface area contributed by atoms with E-state index in [1.165, 1.54) is 24.3 Å².